The fourth-order valence-corrected chi connectivity index (χ4v) is 5.63. The van der Waals surface area contributed by atoms with Crippen LogP contribution in [0.1, 0.15) is 60.2 Å². The molecule has 0 aromatic heterocycles. The van der Waals surface area contributed by atoms with Crippen LogP contribution in [-0.2, 0) is 15.8 Å². The van der Waals surface area contributed by atoms with Gasteiger partial charge < -0.3 is 16.0 Å². The van der Waals surface area contributed by atoms with E-state index in [4.69, 9.17) is 0 Å². The van der Waals surface area contributed by atoms with E-state index < -0.39 is 63.7 Å². The Bertz CT molecular complexity index is 1890. The lowest BCUT2D eigenvalue weighted by molar-refractivity contribution is -0.143. The zero-order valence-corrected chi connectivity index (χ0v) is 27.5. The molecule has 0 fully saturated rings. The number of thioether (sulfide) groups is 1. The molecule has 4 rings (SSSR count). The standard InChI is InChI=1S/C36H30F7N3O3S/c1-4-26(35(49)46-32-30(39)28(37)27(36(41,42)43)29(38)31(32)40)50-24-12-8-11-23(18-24)44-34(48)25(45-33(47)22-9-6-5-7-10-22)17-20-13-15-21(16-14-20)19(2)3/h5-19,26H,4H2,1-3H3,(H,44,48)(H,45,47)(H,46,49)/b25-17+. The van der Waals surface area contributed by atoms with Gasteiger partial charge in [-0.05, 0) is 59.9 Å². The van der Waals surface area contributed by atoms with Crippen LogP contribution in [0.2, 0.25) is 0 Å². The molecule has 0 bridgehead atoms. The Balaban J connectivity index is 1.54. The van der Waals surface area contributed by atoms with E-state index in [0.29, 0.717) is 16.0 Å². The molecule has 4 aromatic rings. The van der Waals surface area contributed by atoms with Gasteiger partial charge in [-0.1, -0.05) is 69.3 Å². The molecule has 1 unspecified atom stereocenters. The third kappa shape index (κ3) is 9.11. The number of hydrogen-bond acceptors (Lipinski definition) is 4. The second-order valence-electron chi connectivity index (χ2n) is 11.2. The van der Waals surface area contributed by atoms with E-state index in [1.54, 1.807) is 53.8 Å². The molecule has 3 amide bonds. The van der Waals surface area contributed by atoms with Gasteiger partial charge in [-0.2, -0.15) is 13.2 Å². The van der Waals surface area contributed by atoms with Crippen molar-refractivity contribution < 1.29 is 45.1 Å². The minimum atomic E-state index is -5.73. The first-order valence-corrected chi connectivity index (χ1v) is 16.0. The number of amides is 3. The summed E-state index contributed by atoms with van der Waals surface area (Å²) in [5.74, 6) is -12.3. The molecule has 0 aliphatic rings. The average molecular weight is 718 g/mol. The summed E-state index contributed by atoms with van der Waals surface area (Å²) in [6.07, 6.45) is -4.22. The molecule has 6 nitrogen and oxygen atoms in total. The molecule has 1 atom stereocenters. The molecule has 3 N–H and O–H groups in total. The molecule has 14 heteroatoms. The fourth-order valence-electron chi connectivity index (χ4n) is 4.61. The third-order valence-corrected chi connectivity index (χ3v) is 8.63. The second kappa shape index (κ2) is 16.1. The van der Waals surface area contributed by atoms with Gasteiger partial charge in [0, 0.05) is 16.1 Å². The zero-order chi connectivity index (χ0) is 36.7. The third-order valence-electron chi connectivity index (χ3n) is 7.27. The van der Waals surface area contributed by atoms with Crippen LogP contribution in [0.5, 0.6) is 0 Å². The van der Waals surface area contributed by atoms with E-state index >= 15 is 0 Å². The van der Waals surface area contributed by atoms with Gasteiger partial charge in [-0.15, -0.1) is 11.8 Å². The number of benzene rings is 4. The van der Waals surface area contributed by atoms with Gasteiger partial charge in [0.05, 0.1) is 5.25 Å². The Kier molecular flexibility index (Phi) is 12.1. The highest BCUT2D eigenvalue weighted by Crippen LogP contribution is 2.39. The number of hydrogen-bond donors (Lipinski definition) is 3. The highest BCUT2D eigenvalue weighted by atomic mass is 32.2. The van der Waals surface area contributed by atoms with Gasteiger partial charge in [0.1, 0.15) is 16.9 Å². The molecule has 0 spiro atoms. The van der Waals surface area contributed by atoms with E-state index in [2.05, 4.69) is 10.6 Å². The highest BCUT2D eigenvalue weighted by Gasteiger charge is 2.42. The first-order chi connectivity index (χ1) is 23.6. The average Bonchev–Trinajstić information content (AvgIpc) is 3.08. The van der Waals surface area contributed by atoms with Crippen molar-refractivity contribution in [2.24, 2.45) is 0 Å². The topological polar surface area (TPSA) is 87.3 Å². The van der Waals surface area contributed by atoms with Gasteiger partial charge in [0.2, 0.25) is 5.91 Å². The lowest BCUT2D eigenvalue weighted by Gasteiger charge is -2.18. The van der Waals surface area contributed by atoms with Crippen LogP contribution in [0.15, 0.2) is 89.5 Å². The quantitative estimate of drug-likeness (QED) is 0.0625. The molecule has 0 saturated carbocycles. The predicted molar refractivity (Wildman–Crippen MR) is 177 cm³/mol. The van der Waals surface area contributed by atoms with Crippen molar-refractivity contribution in [2.75, 3.05) is 10.6 Å². The molecule has 262 valence electrons. The minimum absolute atomic E-state index is 0.00985. The lowest BCUT2D eigenvalue weighted by Crippen LogP contribution is -2.30. The Hall–Kier alpha value is -5.11. The van der Waals surface area contributed by atoms with Crippen LogP contribution in [0.3, 0.4) is 0 Å². The van der Waals surface area contributed by atoms with Crippen molar-refractivity contribution in [2.45, 2.75) is 49.4 Å². The summed E-state index contributed by atoms with van der Waals surface area (Å²) in [5, 5.41) is 5.83. The molecule has 0 aliphatic carbocycles. The van der Waals surface area contributed by atoms with Gasteiger partial charge in [-0.3, -0.25) is 14.4 Å². The Morgan fingerprint density at radius 3 is 1.98 bits per heavy atom. The van der Waals surface area contributed by atoms with Gasteiger partial charge in [0.25, 0.3) is 11.8 Å². The maximum absolute atomic E-state index is 14.4. The first-order valence-electron chi connectivity index (χ1n) is 15.1. The van der Waals surface area contributed by atoms with Gasteiger partial charge in [0.15, 0.2) is 23.3 Å². The maximum atomic E-state index is 14.4. The molecule has 0 radical (unpaired) electrons. The Morgan fingerprint density at radius 1 is 0.800 bits per heavy atom. The number of halogens is 7. The van der Waals surface area contributed by atoms with Crippen LogP contribution in [0, 0.1) is 23.3 Å². The summed E-state index contributed by atoms with van der Waals surface area (Å²) in [5.41, 5.74) is -2.29. The van der Waals surface area contributed by atoms with Gasteiger partial charge in [-0.25, -0.2) is 17.6 Å². The number of anilines is 2. The van der Waals surface area contributed by atoms with E-state index in [1.807, 2.05) is 26.0 Å². The van der Waals surface area contributed by atoms with E-state index in [-0.39, 0.29) is 23.7 Å². The Labute approximate surface area is 287 Å². The van der Waals surface area contributed by atoms with Crippen LogP contribution in [0.4, 0.5) is 42.1 Å². The van der Waals surface area contributed by atoms with Crippen molar-refractivity contribution in [1.29, 1.82) is 0 Å². The Morgan fingerprint density at radius 2 is 1.42 bits per heavy atom. The minimum Gasteiger partial charge on any atom is -0.321 e. The SMILES string of the molecule is CCC(Sc1cccc(NC(=O)/C(=C\c2ccc(C(C)C)cc2)NC(=O)c2ccccc2)c1)C(=O)Nc1c(F)c(F)c(C(F)(F)F)c(F)c1F. The molecule has 4 aromatic carbocycles. The largest absolute Gasteiger partial charge is 0.422 e. The van der Waals surface area contributed by atoms with Crippen molar-refractivity contribution >= 4 is 46.9 Å². The molecule has 0 saturated heterocycles. The summed E-state index contributed by atoms with van der Waals surface area (Å²) in [4.78, 5) is 39.7. The number of nitrogens with one attached hydrogen (secondary N) is 3. The van der Waals surface area contributed by atoms with Crippen LogP contribution < -0.4 is 16.0 Å². The molecular formula is C36H30F7N3O3S. The summed E-state index contributed by atoms with van der Waals surface area (Å²) in [6, 6.07) is 21.7. The number of rotatable bonds is 11. The smallest absolute Gasteiger partial charge is 0.321 e. The normalized spacial score (nSPS) is 12.4. The van der Waals surface area contributed by atoms with Gasteiger partial charge >= 0.3 is 6.18 Å². The zero-order valence-electron chi connectivity index (χ0n) is 26.7. The van der Waals surface area contributed by atoms with E-state index in [0.717, 1.165) is 17.3 Å². The molecule has 50 heavy (non-hydrogen) atoms. The van der Waals surface area contributed by atoms with Crippen molar-refractivity contribution in [3.8, 4) is 0 Å². The fraction of sp³-hybridized carbons (Fsp3) is 0.194. The maximum Gasteiger partial charge on any atom is 0.422 e. The first kappa shape index (κ1) is 37.7. The van der Waals surface area contributed by atoms with Crippen molar-refractivity contribution in [3.63, 3.8) is 0 Å². The summed E-state index contributed by atoms with van der Waals surface area (Å²) in [6.45, 7) is 5.59. The van der Waals surface area contributed by atoms with Crippen LogP contribution >= 0.6 is 11.8 Å². The van der Waals surface area contributed by atoms with Crippen molar-refractivity contribution in [3.05, 3.63) is 130 Å². The monoisotopic (exact) mass is 717 g/mol. The number of carbonyl (C=O) groups is 3. The van der Waals surface area contributed by atoms with E-state index in [1.165, 1.54) is 31.2 Å². The molecular weight excluding hydrogens is 687 g/mol. The summed E-state index contributed by atoms with van der Waals surface area (Å²) in [7, 11) is 0. The lowest BCUT2D eigenvalue weighted by atomic mass is 10.0. The van der Waals surface area contributed by atoms with Crippen LogP contribution in [0.25, 0.3) is 6.08 Å². The highest BCUT2D eigenvalue weighted by molar-refractivity contribution is 8.00. The van der Waals surface area contributed by atoms with E-state index in [9.17, 15) is 45.1 Å². The molecule has 0 heterocycles. The summed E-state index contributed by atoms with van der Waals surface area (Å²) >= 11 is 0.847. The second-order valence-corrected chi connectivity index (χ2v) is 12.5. The van der Waals surface area contributed by atoms with Crippen LogP contribution in [-0.4, -0.2) is 23.0 Å². The molecule has 0 aliphatic heterocycles. The predicted octanol–water partition coefficient (Wildman–Crippen LogP) is 9.30. The summed E-state index contributed by atoms with van der Waals surface area (Å²) < 4.78 is 95.9. The number of carbonyl (C=O) groups excluding carboxylic acids is 3. The number of alkyl halides is 3. The van der Waals surface area contributed by atoms with Crippen molar-refractivity contribution in [1.82, 2.24) is 5.32 Å².